The topological polar surface area (TPSA) is 63.0 Å². The third-order valence-corrected chi connectivity index (χ3v) is 2.84. The largest absolute Gasteiger partial charge is 0.468 e. The van der Waals surface area contributed by atoms with Crippen LogP contribution in [0.1, 0.15) is 12.7 Å². The maximum absolute atomic E-state index is 7.20. The number of rotatable bonds is 3. The number of nitrogens with two attached hydrogens (primary N) is 1. The molecule has 0 fully saturated rings. The predicted octanol–water partition coefficient (Wildman–Crippen LogP) is 2.00. The summed E-state index contributed by atoms with van der Waals surface area (Å²) in [5, 5.41) is 7.21. The van der Waals surface area contributed by atoms with Crippen LogP contribution in [0.2, 0.25) is 0 Å². The molecule has 1 aromatic heterocycles. The van der Waals surface area contributed by atoms with E-state index in [0.29, 0.717) is 0 Å². The highest BCUT2D eigenvalue weighted by molar-refractivity contribution is 8.00. The van der Waals surface area contributed by atoms with Crippen LogP contribution in [0.5, 0.6) is 0 Å². The van der Waals surface area contributed by atoms with E-state index in [4.69, 9.17) is 15.6 Å². The van der Waals surface area contributed by atoms with Crippen LogP contribution in [0.4, 0.5) is 0 Å². The summed E-state index contributed by atoms with van der Waals surface area (Å²) in [5.74, 6) is 1.08. The highest BCUT2D eigenvalue weighted by atomic mass is 32.2. The quantitative estimate of drug-likeness (QED) is 0.429. The summed E-state index contributed by atoms with van der Waals surface area (Å²) >= 11 is 1.54. The van der Waals surface area contributed by atoms with Crippen molar-refractivity contribution in [1.29, 1.82) is 5.41 Å². The van der Waals surface area contributed by atoms with Gasteiger partial charge in [0.2, 0.25) is 0 Å². The Balaban J connectivity index is 2.64. The summed E-state index contributed by atoms with van der Waals surface area (Å²) in [6, 6.07) is 1.89. The van der Waals surface area contributed by atoms with Gasteiger partial charge in [0.05, 0.1) is 11.5 Å². The van der Waals surface area contributed by atoms with Crippen molar-refractivity contribution in [1.82, 2.24) is 0 Å². The van der Waals surface area contributed by atoms with E-state index in [1.165, 1.54) is 0 Å². The number of thioether (sulfide) groups is 1. The second-order valence-corrected chi connectivity index (χ2v) is 3.94. The fraction of sp³-hybridized carbons (Fsp3) is 0.375. The smallest absolute Gasteiger partial charge is 0.114 e. The number of nitrogens with one attached hydrogen (secondary N) is 1. The van der Waals surface area contributed by atoms with Crippen molar-refractivity contribution in [2.75, 3.05) is 0 Å². The molecule has 0 bridgehead atoms. The van der Waals surface area contributed by atoms with Crippen molar-refractivity contribution >= 4 is 17.6 Å². The van der Waals surface area contributed by atoms with Gasteiger partial charge in [-0.15, -0.1) is 11.8 Å². The lowest BCUT2D eigenvalue weighted by Gasteiger charge is -2.06. The van der Waals surface area contributed by atoms with Gasteiger partial charge in [0.15, 0.2) is 0 Å². The zero-order chi connectivity index (χ0) is 9.14. The first kappa shape index (κ1) is 9.19. The Morgan fingerprint density at radius 2 is 2.42 bits per heavy atom. The maximum atomic E-state index is 7.20. The van der Waals surface area contributed by atoms with Crippen LogP contribution in [0, 0.1) is 12.3 Å². The van der Waals surface area contributed by atoms with Gasteiger partial charge in [-0.3, -0.25) is 5.41 Å². The molecule has 0 aliphatic rings. The minimum absolute atomic E-state index is 0.0151. The molecule has 0 aromatic carbocycles. The Hall–Kier alpha value is -0.900. The second kappa shape index (κ2) is 3.67. The van der Waals surface area contributed by atoms with Gasteiger partial charge < -0.3 is 10.2 Å². The highest BCUT2D eigenvalue weighted by Crippen LogP contribution is 2.26. The molecular weight excluding hydrogens is 172 g/mol. The van der Waals surface area contributed by atoms with Crippen LogP contribution in [-0.2, 0) is 0 Å². The van der Waals surface area contributed by atoms with Gasteiger partial charge in [-0.2, -0.15) is 0 Å². The Morgan fingerprint density at radius 1 is 1.75 bits per heavy atom. The van der Waals surface area contributed by atoms with Crippen LogP contribution in [0.15, 0.2) is 21.6 Å². The molecule has 1 unspecified atom stereocenters. The third-order valence-electron chi connectivity index (χ3n) is 1.55. The zero-order valence-electron chi connectivity index (χ0n) is 7.13. The lowest BCUT2D eigenvalue weighted by atomic mass is 10.4. The van der Waals surface area contributed by atoms with E-state index in [9.17, 15) is 0 Å². The van der Waals surface area contributed by atoms with E-state index in [-0.39, 0.29) is 11.1 Å². The summed E-state index contributed by atoms with van der Waals surface area (Å²) < 4.78 is 5.11. The van der Waals surface area contributed by atoms with Gasteiger partial charge in [-0.05, 0) is 19.9 Å². The molecule has 0 spiro atoms. The Labute approximate surface area is 75.8 Å². The van der Waals surface area contributed by atoms with Crippen LogP contribution >= 0.6 is 11.8 Å². The standard InChI is InChI=1S/C8H12N2OS/c1-5-7(3-4-11-5)12-6(2)8(9)10/h3-4,6H,1-2H3,(H3,9,10). The molecule has 0 aliphatic carbocycles. The number of aryl methyl sites for hydroxylation is 1. The number of amidine groups is 1. The molecular formula is C8H12N2OS. The molecule has 0 aliphatic heterocycles. The SMILES string of the molecule is Cc1occc1SC(C)C(=N)N. The lowest BCUT2D eigenvalue weighted by molar-refractivity contribution is 0.527. The van der Waals surface area contributed by atoms with Gasteiger partial charge in [-0.1, -0.05) is 0 Å². The fourth-order valence-electron chi connectivity index (χ4n) is 0.750. The van der Waals surface area contributed by atoms with Gasteiger partial charge in [0.25, 0.3) is 0 Å². The minimum atomic E-state index is 0.0151. The van der Waals surface area contributed by atoms with Gasteiger partial charge >= 0.3 is 0 Å². The predicted molar refractivity (Wildman–Crippen MR) is 50.7 cm³/mol. The first-order valence-corrected chi connectivity index (χ1v) is 4.54. The molecule has 12 heavy (non-hydrogen) atoms. The normalized spacial score (nSPS) is 12.8. The summed E-state index contributed by atoms with van der Waals surface area (Å²) in [5.41, 5.74) is 5.33. The molecule has 1 atom stereocenters. The van der Waals surface area contributed by atoms with Crippen LogP contribution in [0.3, 0.4) is 0 Å². The van der Waals surface area contributed by atoms with Crippen LogP contribution in [-0.4, -0.2) is 11.1 Å². The molecule has 1 aromatic rings. The van der Waals surface area contributed by atoms with E-state index in [2.05, 4.69) is 0 Å². The summed E-state index contributed by atoms with van der Waals surface area (Å²) in [6.45, 7) is 3.80. The average Bonchev–Trinajstić information content (AvgIpc) is 2.36. The Morgan fingerprint density at radius 3 is 2.83 bits per heavy atom. The van der Waals surface area contributed by atoms with E-state index in [1.54, 1.807) is 18.0 Å². The van der Waals surface area contributed by atoms with E-state index in [0.717, 1.165) is 10.7 Å². The third kappa shape index (κ3) is 2.04. The Kier molecular flexibility index (Phi) is 2.81. The summed E-state index contributed by atoms with van der Waals surface area (Å²) in [4.78, 5) is 1.05. The van der Waals surface area contributed by atoms with Gasteiger partial charge in [-0.25, -0.2) is 0 Å². The van der Waals surface area contributed by atoms with Crippen molar-refractivity contribution in [3.8, 4) is 0 Å². The average molecular weight is 184 g/mol. The maximum Gasteiger partial charge on any atom is 0.114 e. The van der Waals surface area contributed by atoms with Crippen LogP contribution in [0.25, 0.3) is 0 Å². The first-order valence-electron chi connectivity index (χ1n) is 3.66. The van der Waals surface area contributed by atoms with Crippen molar-refractivity contribution in [2.24, 2.45) is 5.73 Å². The fourth-order valence-corrected chi connectivity index (χ4v) is 1.61. The van der Waals surface area contributed by atoms with Crippen molar-refractivity contribution in [2.45, 2.75) is 24.0 Å². The highest BCUT2D eigenvalue weighted by Gasteiger charge is 2.10. The molecule has 3 N–H and O–H groups in total. The Bertz CT molecular complexity index is 282. The summed E-state index contributed by atoms with van der Waals surface area (Å²) in [7, 11) is 0. The van der Waals surface area contributed by atoms with Crippen molar-refractivity contribution < 1.29 is 4.42 Å². The number of hydrogen-bond acceptors (Lipinski definition) is 3. The van der Waals surface area contributed by atoms with Gasteiger partial charge in [0, 0.05) is 4.90 Å². The molecule has 0 radical (unpaired) electrons. The minimum Gasteiger partial charge on any atom is -0.468 e. The zero-order valence-corrected chi connectivity index (χ0v) is 7.94. The molecule has 66 valence electrons. The van der Waals surface area contributed by atoms with Crippen molar-refractivity contribution in [3.63, 3.8) is 0 Å². The van der Waals surface area contributed by atoms with E-state index in [1.807, 2.05) is 19.9 Å². The molecule has 0 saturated carbocycles. The molecule has 4 heteroatoms. The molecule has 0 amide bonds. The van der Waals surface area contributed by atoms with E-state index < -0.39 is 0 Å². The lowest BCUT2D eigenvalue weighted by Crippen LogP contribution is -2.21. The van der Waals surface area contributed by atoms with Crippen molar-refractivity contribution in [3.05, 3.63) is 18.1 Å². The van der Waals surface area contributed by atoms with Gasteiger partial charge in [0.1, 0.15) is 11.6 Å². The molecule has 3 nitrogen and oxygen atoms in total. The first-order chi connectivity index (χ1) is 5.61. The van der Waals surface area contributed by atoms with E-state index >= 15 is 0 Å². The summed E-state index contributed by atoms with van der Waals surface area (Å²) in [6.07, 6.45) is 1.64. The number of furan rings is 1. The molecule has 1 rings (SSSR count). The van der Waals surface area contributed by atoms with Crippen LogP contribution < -0.4 is 5.73 Å². The number of hydrogen-bond donors (Lipinski definition) is 2. The second-order valence-electron chi connectivity index (χ2n) is 2.56. The molecule has 0 saturated heterocycles. The monoisotopic (exact) mass is 184 g/mol. The molecule has 1 heterocycles.